The number of carbonyl (C=O) groups excluding carboxylic acids is 2. The average molecular weight is 341 g/mol. The van der Waals surface area contributed by atoms with Crippen LogP contribution in [0.15, 0.2) is 0 Å². The molecule has 2 amide bonds. The first-order valence-electron chi connectivity index (χ1n) is 8.85. The van der Waals surface area contributed by atoms with Gasteiger partial charge < -0.3 is 24.8 Å². The molecule has 3 rings (SSSR count). The Morgan fingerprint density at radius 2 is 1.79 bits per heavy atom. The maximum absolute atomic E-state index is 11.8. The van der Waals surface area contributed by atoms with Gasteiger partial charge in [-0.25, -0.2) is 0 Å². The standard InChI is InChI=1S/C16H27N3O5/c20-14(17-5-6-19-7-9-22-10-8-19)15(21)18-11-13-12-23-16(24-13)3-1-2-4-16/h13H,1-12H2,(H,17,20)(H,18,21)/t13-/m0/s1. The largest absolute Gasteiger partial charge is 0.379 e. The minimum atomic E-state index is -0.618. The molecule has 0 unspecified atom stereocenters. The van der Waals surface area contributed by atoms with Gasteiger partial charge in [0.05, 0.1) is 19.8 Å². The maximum atomic E-state index is 11.8. The zero-order chi connectivity index (χ0) is 16.8. The summed E-state index contributed by atoms with van der Waals surface area (Å²) in [7, 11) is 0. The van der Waals surface area contributed by atoms with Crippen molar-refractivity contribution in [3.8, 4) is 0 Å². The Bertz CT molecular complexity index is 447. The lowest BCUT2D eigenvalue weighted by molar-refractivity contribution is -0.161. The predicted octanol–water partition coefficient (Wildman–Crippen LogP) is -0.763. The third kappa shape index (κ3) is 4.66. The molecule has 1 spiro atoms. The number of morpholine rings is 1. The van der Waals surface area contributed by atoms with Gasteiger partial charge in [0.1, 0.15) is 6.10 Å². The van der Waals surface area contributed by atoms with Crippen molar-refractivity contribution < 1.29 is 23.8 Å². The van der Waals surface area contributed by atoms with Crippen molar-refractivity contribution in [2.24, 2.45) is 0 Å². The van der Waals surface area contributed by atoms with Crippen LogP contribution >= 0.6 is 0 Å². The molecule has 136 valence electrons. The van der Waals surface area contributed by atoms with Gasteiger partial charge in [-0.1, -0.05) is 0 Å². The topological polar surface area (TPSA) is 89.1 Å². The number of amides is 2. The van der Waals surface area contributed by atoms with Gasteiger partial charge in [0, 0.05) is 45.6 Å². The second kappa shape index (κ2) is 8.24. The molecule has 2 saturated heterocycles. The summed E-state index contributed by atoms with van der Waals surface area (Å²) in [6.45, 7) is 5.13. The Morgan fingerprint density at radius 3 is 2.54 bits per heavy atom. The predicted molar refractivity (Wildman–Crippen MR) is 85.3 cm³/mol. The lowest BCUT2D eigenvalue weighted by Gasteiger charge is -2.26. The molecule has 3 aliphatic rings. The molecule has 3 fully saturated rings. The minimum Gasteiger partial charge on any atom is -0.379 e. The van der Waals surface area contributed by atoms with Crippen molar-refractivity contribution in [2.75, 3.05) is 52.5 Å². The smallest absolute Gasteiger partial charge is 0.309 e. The van der Waals surface area contributed by atoms with E-state index in [1.165, 1.54) is 0 Å². The molecule has 1 aliphatic carbocycles. The lowest BCUT2D eigenvalue weighted by Crippen LogP contribution is -2.46. The van der Waals surface area contributed by atoms with Crippen molar-refractivity contribution >= 4 is 11.8 Å². The molecular formula is C16H27N3O5. The number of hydrogen-bond acceptors (Lipinski definition) is 6. The first kappa shape index (κ1) is 17.6. The molecule has 0 bridgehead atoms. The van der Waals surface area contributed by atoms with E-state index < -0.39 is 17.6 Å². The van der Waals surface area contributed by atoms with E-state index in [1.807, 2.05) is 0 Å². The van der Waals surface area contributed by atoms with Crippen LogP contribution in [0.3, 0.4) is 0 Å². The van der Waals surface area contributed by atoms with Crippen molar-refractivity contribution in [1.29, 1.82) is 0 Å². The van der Waals surface area contributed by atoms with E-state index in [4.69, 9.17) is 14.2 Å². The Balaban J connectivity index is 1.29. The average Bonchev–Trinajstić information content (AvgIpc) is 3.23. The molecule has 0 radical (unpaired) electrons. The summed E-state index contributed by atoms with van der Waals surface area (Å²) in [6, 6.07) is 0. The lowest BCUT2D eigenvalue weighted by atomic mass is 10.2. The van der Waals surface area contributed by atoms with E-state index in [9.17, 15) is 9.59 Å². The highest BCUT2D eigenvalue weighted by Crippen LogP contribution is 2.38. The number of carbonyl (C=O) groups is 2. The summed E-state index contributed by atoms with van der Waals surface area (Å²) in [4.78, 5) is 25.8. The molecule has 24 heavy (non-hydrogen) atoms. The molecule has 2 aliphatic heterocycles. The molecular weight excluding hydrogens is 314 g/mol. The van der Waals surface area contributed by atoms with Crippen molar-refractivity contribution in [1.82, 2.24) is 15.5 Å². The maximum Gasteiger partial charge on any atom is 0.309 e. The molecule has 2 heterocycles. The molecule has 8 nitrogen and oxygen atoms in total. The van der Waals surface area contributed by atoms with Gasteiger partial charge in [0.15, 0.2) is 5.79 Å². The van der Waals surface area contributed by atoms with Crippen LogP contribution < -0.4 is 10.6 Å². The van der Waals surface area contributed by atoms with E-state index in [-0.39, 0.29) is 6.10 Å². The van der Waals surface area contributed by atoms with Crippen molar-refractivity contribution in [3.05, 3.63) is 0 Å². The molecule has 1 saturated carbocycles. The van der Waals surface area contributed by atoms with Crippen LogP contribution in [-0.4, -0.2) is 81.1 Å². The Hall–Kier alpha value is -1.22. The zero-order valence-corrected chi connectivity index (χ0v) is 14.1. The summed E-state index contributed by atoms with van der Waals surface area (Å²) in [5.74, 6) is -1.65. The first-order chi connectivity index (χ1) is 11.7. The number of ether oxygens (including phenoxy) is 3. The van der Waals surface area contributed by atoms with E-state index in [0.717, 1.165) is 58.5 Å². The molecule has 1 atom stereocenters. The summed E-state index contributed by atoms with van der Waals surface area (Å²) >= 11 is 0. The molecule has 2 N–H and O–H groups in total. The van der Waals surface area contributed by atoms with Crippen molar-refractivity contribution in [3.63, 3.8) is 0 Å². The number of nitrogens with one attached hydrogen (secondary N) is 2. The van der Waals surface area contributed by atoms with Crippen LogP contribution in [0.5, 0.6) is 0 Å². The zero-order valence-electron chi connectivity index (χ0n) is 14.1. The second-order valence-electron chi connectivity index (χ2n) is 6.59. The fourth-order valence-electron chi connectivity index (χ4n) is 3.41. The number of nitrogens with zero attached hydrogens (tertiary/aromatic N) is 1. The highest BCUT2D eigenvalue weighted by molar-refractivity contribution is 6.35. The van der Waals surface area contributed by atoms with Gasteiger partial charge in [-0.05, 0) is 12.8 Å². The quantitative estimate of drug-likeness (QED) is 0.639. The fourth-order valence-corrected chi connectivity index (χ4v) is 3.41. The van der Waals surface area contributed by atoms with Gasteiger partial charge in [-0.2, -0.15) is 0 Å². The number of rotatable bonds is 5. The van der Waals surface area contributed by atoms with Gasteiger partial charge >= 0.3 is 11.8 Å². The Labute approximate surface area is 142 Å². The fraction of sp³-hybridized carbons (Fsp3) is 0.875. The molecule has 0 aromatic rings. The monoisotopic (exact) mass is 341 g/mol. The minimum absolute atomic E-state index is 0.173. The van der Waals surface area contributed by atoms with Crippen molar-refractivity contribution in [2.45, 2.75) is 37.6 Å². The summed E-state index contributed by atoms with van der Waals surface area (Å²) in [6.07, 6.45) is 3.89. The van der Waals surface area contributed by atoms with Crippen LogP contribution in [0, 0.1) is 0 Å². The molecule has 8 heteroatoms. The van der Waals surface area contributed by atoms with E-state index >= 15 is 0 Å². The van der Waals surface area contributed by atoms with Crippen LogP contribution in [0.25, 0.3) is 0 Å². The van der Waals surface area contributed by atoms with E-state index in [0.29, 0.717) is 19.7 Å². The summed E-state index contributed by atoms with van der Waals surface area (Å²) < 4.78 is 16.9. The summed E-state index contributed by atoms with van der Waals surface area (Å²) in [5.41, 5.74) is 0. The molecule has 0 aromatic carbocycles. The summed E-state index contributed by atoms with van der Waals surface area (Å²) in [5, 5.41) is 5.28. The van der Waals surface area contributed by atoms with Gasteiger partial charge in [0.2, 0.25) is 0 Å². The van der Waals surface area contributed by atoms with E-state index in [1.54, 1.807) is 0 Å². The number of hydrogen-bond donors (Lipinski definition) is 2. The van der Waals surface area contributed by atoms with Crippen LogP contribution in [-0.2, 0) is 23.8 Å². The second-order valence-corrected chi connectivity index (χ2v) is 6.59. The van der Waals surface area contributed by atoms with Crippen LogP contribution in [0.2, 0.25) is 0 Å². The Morgan fingerprint density at radius 1 is 1.08 bits per heavy atom. The SMILES string of the molecule is O=C(NCCN1CCOCC1)C(=O)NC[C@H]1COC2(CCCC2)O1. The molecule has 0 aromatic heterocycles. The first-order valence-corrected chi connectivity index (χ1v) is 8.85. The highest BCUT2D eigenvalue weighted by atomic mass is 16.7. The Kier molecular flexibility index (Phi) is 6.04. The van der Waals surface area contributed by atoms with Gasteiger partial charge in [-0.15, -0.1) is 0 Å². The third-order valence-corrected chi connectivity index (χ3v) is 4.79. The van der Waals surface area contributed by atoms with Crippen LogP contribution in [0.4, 0.5) is 0 Å². The normalized spacial score (nSPS) is 26.6. The third-order valence-electron chi connectivity index (χ3n) is 4.79. The van der Waals surface area contributed by atoms with E-state index in [2.05, 4.69) is 15.5 Å². The highest BCUT2D eigenvalue weighted by Gasteiger charge is 2.43. The van der Waals surface area contributed by atoms with Gasteiger partial charge in [0.25, 0.3) is 0 Å². The van der Waals surface area contributed by atoms with Gasteiger partial charge in [-0.3, -0.25) is 14.5 Å². The van der Waals surface area contributed by atoms with Crippen LogP contribution in [0.1, 0.15) is 25.7 Å².